The van der Waals surface area contributed by atoms with Crippen LogP contribution in [0.3, 0.4) is 0 Å². The zero-order chi connectivity index (χ0) is 19.6. The fourth-order valence-electron chi connectivity index (χ4n) is 3.01. The van der Waals surface area contributed by atoms with Crippen molar-refractivity contribution in [3.05, 3.63) is 71.3 Å². The van der Waals surface area contributed by atoms with Crippen molar-refractivity contribution >= 4 is 11.8 Å². The van der Waals surface area contributed by atoms with Gasteiger partial charge in [-0.25, -0.2) is 0 Å². The average molecular weight is 367 g/mol. The third kappa shape index (κ3) is 6.24. The van der Waals surface area contributed by atoms with Gasteiger partial charge in [0.1, 0.15) is 6.04 Å². The van der Waals surface area contributed by atoms with E-state index in [9.17, 15) is 9.59 Å². The maximum Gasteiger partial charge on any atom is 0.243 e. The lowest BCUT2D eigenvalue weighted by Gasteiger charge is -2.31. The largest absolute Gasteiger partial charge is 0.354 e. The fourth-order valence-corrected chi connectivity index (χ4v) is 3.01. The molecule has 0 bridgehead atoms. The molecule has 0 unspecified atom stereocenters. The molecule has 0 spiro atoms. The molecule has 4 heteroatoms. The van der Waals surface area contributed by atoms with E-state index >= 15 is 0 Å². The molecule has 2 amide bonds. The van der Waals surface area contributed by atoms with Crippen LogP contribution in [0.4, 0.5) is 0 Å². The molecule has 144 valence electrons. The number of nitrogens with one attached hydrogen (secondary N) is 1. The van der Waals surface area contributed by atoms with Crippen LogP contribution in [0.1, 0.15) is 43.4 Å². The molecule has 2 aromatic carbocycles. The van der Waals surface area contributed by atoms with Gasteiger partial charge in [-0.2, -0.15) is 0 Å². The third-order valence-corrected chi connectivity index (χ3v) is 4.60. The van der Waals surface area contributed by atoms with Crippen LogP contribution >= 0.6 is 0 Å². The highest BCUT2D eigenvalue weighted by Crippen LogP contribution is 2.16. The molecule has 1 atom stereocenters. The number of carbonyl (C=O) groups is 2. The first kappa shape index (κ1) is 20.7. The maximum atomic E-state index is 12.9. The van der Waals surface area contributed by atoms with Crippen molar-refractivity contribution in [3.8, 4) is 0 Å². The molecule has 0 saturated heterocycles. The Hall–Kier alpha value is -2.62. The minimum atomic E-state index is -0.521. The number of benzene rings is 2. The number of carbonyl (C=O) groups excluding carboxylic acids is 2. The summed E-state index contributed by atoms with van der Waals surface area (Å²) in [6, 6.07) is 17.5. The average Bonchev–Trinajstić information content (AvgIpc) is 2.70. The molecule has 2 aromatic rings. The molecular weight excluding hydrogens is 336 g/mol. The third-order valence-electron chi connectivity index (χ3n) is 4.60. The van der Waals surface area contributed by atoms with Crippen LogP contribution in [-0.2, 0) is 22.6 Å². The summed E-state index contributed by atoms with van der Waals surface area (Å²) in [5, 5.41) is 2.97. The highest BCUT2D eigenvalue weighted by Gasteiger charge is 2.29. The van der Waals surface area contributed by atoms with E-state index in [-0.39, 0.29) is 11.8 Å². The number of rotatable bonds is 9. The summed E-state index contributed by atoms with van der Waals surface area (Å²) in [6.07, 6.45) is 1.75. The summed E-state index contributed by atoms with van der Waals surface area (Å²) < 4.78 is 0. The Morgan fingerprint density at radius 1 is 0.963 bits per heavy atom. The number of hydrogen-bond acceptors (Lipinski definition) is 2. The molecule has 0 heterocycles. The van der Waals surface area contributed by atoms with E-state index in [0.29, 0.717) is 25.9 Å². The van der Waals surface area contributed by atoms with E-state index in [4.69, 9.17) is 0 Å². The van der Waals surface area contributed by atoms with Gasteiger partial charge in [0.05, 0.1) is 0 Å². The monoisotopic (exact) mass is 366 g/mol. The van der Waals surface area contributed by atoms with E-state index in [1.165, 1.54) is 5.56 Å². The van der Waals surface area contributed by atoms with Gasteiger partial charge < -0.3 is 10.2 Å². The van der Waals surface area contributed by atoms with E-state index in [1.54, 1.807) is 4.90 Å². The quantitative estimate of drug-likeness (QED) is 0.732. The topological polar surface area (TPSA) is 49.4 Å². The Balaban J connectivity index is 2.30. The summed E-state index contributed by atoms with van der Waals surface area (Å²) in [6.45, 7) is 6.95. The summed E-state index contributed by atoms with van der Waals surface area (Å²) in [7, 11) is 0. The van der Waals surface area contributed by atoms with E-state index < -0.39 is 6.04 Å². The van der Waals surface area contributed by atoms with Crippen molar-refractivity contribution < 1.29 is 9.59 Å². The van der Waals surface area contributed by atoms with Gasteiger partial charge in [-0.1, -0.05) is 74.0 Å². The van der Waals surface area contributed by atoms with Crippen LogP contribution < -0.4 is 5.32 Å². The predicted octanol–water partition coefficient (Wildman–Crippen LogP) is 3.87. The summed E-state index contributed by atoms with van der Waals surface area (Å²) >= 11 is 0. The van der Waals surface area contributed by atoms with Crippen molar-refractivity contribution in [2.75, 3.05) is 6.54 Å². The molecule has 4 nitrogen and oxygen atoms in total. The second-order valence-corrected chi connectivity index (χ2v) is 6.86. The van der Waals surface area contributed by atoms with Crippen molar-refractivity contribution in [3.63, 3.8) is 0 Å². The molecule has 0 radical (unpaired) electrons. The van der Waals surface area contributed by atoms with Gasteiger partial charge in [-0.15, -0.1) is 0 Å². The second-order valence-electron chi connectivity index (χ2n) is 6.86. The Labute approximate surface area is 162 Å². The predicted molar refractivity (Wildman–Crippen MR) is 109 cm³/mol. The van der Waals surface area contributed by atoms with Crippen molar-refractivity contribution in [2.45, 2.75) is 52.6 Å². The molecule has 0 aliphatic carbocycles. The van der Waals surface area contributed by atoms with Crippen LogP contribution in [0.15, 0.2) is 54.6 Å². The van der Waals surface area contributed by atoms with Crippen LogP contribution in [0.2, 0.25) is 0 Å². The van der Waals surface area contributed by atoms with E-state index in [0.717, 1.165) is 17.5 Å². The number of hydrogen-bond donors (Lipinski definition) is 1. The molecule has 27 heavy (non-hydrogen) atoms. The van der Waals surface area contributed by atoms with E-state index in [1.807, 2.05) is 75.4 Å². The molecule has 0 aliphatic heterocycles. The number of amides is 2. The Morgan fingerprint density at radius 3 is 2.22 bits per heavy atom. The van der Waals surface area contributed by atoms with Gasteiger partial charge in [0.25, 0.3) is 0 Å². The van der Waals surface area contributed by atoms with Crippen molar-refractivity contribution in [1.82, 2.24) is 10.2 Å². The minimum Gasteiger partial charge on any atom is -0.354 e. The molecule has 0 saturated carbocycles. The summed E-state index contributed by atoms with van der Waals surface area (Å²) in [5.74, 6) is -0.0993. The first-order chi connectivity index (χ1) is 13.0. The summed E-state index contributed by atoms with van der Waals surface area (Å²) in [4.78, 5) is 27.4. The smallest absolute Gasteiger partial charge is 0.243 e. The molecule has 0 aliphatic rings. The standard InChI is InChI=1S/C23H30N2O2/c1-4-15-24-23(27)21(16-19-9-7-6-8-10-19)25(22(26)5-2)17-20-13-11-18(3)12-14-20/h6-14,21H,4-5,15-17H2,1-3H3,(H,24,27)/t21-/m1/s1. The Kier molecular flexibility index (Phi) is 8.05. The minimum absolute atomic E-state index is 0.0110. The highest BCUT2D eigenvalue weighted by atomic mass is 16.2. The molecule has 0 fully saturated rings. The van der Waals surface area contributed by atoms with Crippen LogP contribution in [-0.4, -0.2) is 29.3 Å². The molecular formula is C23H30N2O2. The zero-order valence-electron chi connectivity index (χ0n) is 16.6. The van der Waals surface area contributed by atoms with Gasteiger partial charge in [0.2, 0.25) is 11.8 Å². The molecule has 1 N–H and O–H groups in total. The first-order valence-corrected chi connectivity index (χ1v) is 9.71. The molecule has 0 aromatic heterocycles. The van der Waals surface area contributed by atoms with Gasteiger partial charge >= 0.3 is 0 Å². The Bertz CT molecular complexity index is 726. The lowest BCUT2D eigenvalue weighted by Crippen LogP contribution is -2.50. The van der Waals surface area contributed by atoms with Crippen LogP contribution in [0, 0.1) is 6.92 Å². The second kappa shape index (κ2) is 10.5. The van der Waals surface area contributed by atoms with Crippen molar-refractivity contribution in [1.29, 1.82) is 0 Å². The number of aryl methyl sites for hydroxylation is 1. The van der Waals surface area contributed by atoms with Gasteiger partial charge in [-0.3, -0.25) is 9.59 Å². The normalized spacial score (nSPS) is 11.7. The number of nitrogens with zero attached hydrogens (tertiary/aromatic N) is 1. The van der Waals surface area contributed by atoms with Crippen LogP contribution in [0.5, 0.6) is 0 Å². The van der Waals surface area contributed by atoms with Gasteiger partial charge in [0, 0.05) is 25.9 Å². The molecule has 2 rings (SSSR count). The fraction of sp³-hybridized carbons (Fsp3) is 0.391. The van der Waals surface area contributed by atoms with E-state index in [2.05, 4.69) is 5.32 Å². The SMILES string of the molecule is CCCNC(=O)[C@@H](Cc1ccccc1)N(Cc1ccc(C)cc1)C(=O)CC. The lowest BCUT2D eigenvalue weighted by atomic mass is 10.0. The van der Waals surface area contributed by atoms with Crippen molar-refractivity contribution in [2.24, 2.45) is 0 Å². The highest BCUT2D eigenvalue weighted by molar-refractivity contribution is 5.87. The Morgan fingerprint density at radius 2 is 1.63 bits per heavy atom. The summed E-state index contributed by atoms with van der Waals surface area (Å²) in [5.41, 5.74) is 3.25. The van der Waals surface area contributed by atoms with Gasteiger partial charge in [0.15, 0.2) is 0 Å². The van der Waals surface area contributed by atoms with Crippen LogP contribution in [0.25, 0.3) is 0 Å². The van der Waals surface area contributed by atoms with Gasteiger partial charge in [-0.05, 0) is 24.5 Å². The maximum absolute atomic E-state index is 12.9. The zero-order valence-corrected chi connectivity index (χ0v) is 16.6. The first-order valence-electron chi connectivity index (χ1n) is 9.71. The lowest BCUT2D eigenvalue weighted by molar-refractivity contribution is -0.141.